The molecule has 1 aromatic heterocycles. The molecule has 6 heteroatoms. The van der Waals surface area contributed by atoms with Crippen molar-refractivity contribution in [2.75, 3.05) is 26.0 Å². The van der Waals surface area contributed by atoms with E-state index in [1.54, 1.807) is 37.3 Å². The zero-order valence-electron chi connectivity index (χ0n) is 10.4. The number of carbonyl (C=O) groups is 2. The molecule has 1 unspecified atom stereocenters. The maximum absolute atomic E-state index is 11.8. The van der Waals surface area contributed by atoms with Crippen LogP contribution in [0, 0.1) is 0 Å². The smallest absolute Gasteiger partial charge is 0.269 e. The average molecular weight is 248 g/mol. The van der Waals surface area contributed by atoms with Crippen LogP contribution < -0.4 is 10.6 Å². The van der Waals surface area contributed by atoms with Gasteiger partial charge < -0.3 is 15.5 Å². The molecular weight excluding hydrogens is 232 g/mol. The summed E-state index contributed by atoms with van der Waals surface area (Å²) in [6.45, 7) is 0.754. The number of likely N-dealkylation sites (tertiary alicyclic amines) is 1. The summed E-state index contributed by atoms with van der Waals surface area (Å²) < 4.78 is 0. The number of aromatic nitrogens is 1. The van der Waals surface area contributed by atoms with E-state index in [-0.39, 0.29) is 17.9 Å². The molecule has 2 amide bonds. The molecule has 1 aromatic rings. The molecule has 2 rings (SSSR count). The number of carbonyl (C=O) groups excluding carboxylic acids is 2. The van der Waals surface area contributed by atoms with Crippen LogP contribution in [0.2, 0.25) is 0 Å². The third-order valence-corrected chi connectivity index (χ3v) is 2.99. The highest BCUT2D eigenvalue weighted by atomic mass is 16.2. The summed E-state index contributed by atoms with van der Waals surface area (Å²) in [5.41, 5.74) is 1.07. The summed E-state index contributed by atoms with van der Waals surface area (Å²) >= 11 is 0. The van der Waals surface area contributed by atoms with Gasteiger partial charge in [-0.2, -0.15) is 0 Å². The zero-order valence-corrected chi connectivity index (χ0v) is 10.4. The first-order valence-corrected chi connectivity index (χ1v) is 5.81. The maximum Gasteiger partial charge on any atom is 0.269 e. The molecule has 6 nitrogen and oxygen atoms in total. The molecule has 0 spiro atoms. The van der Waals surface area contributed by atoms with E-state index in [2.05, 4.69) is 15.6 Å². The lowest BCUT2D eigenvalue weighted by Gasteiger charge is -2.13. The van der Waals surface area contributed by atoms with Gasteiger partial charge in [-0.1, -0.05) is 0 Å². The number of nitrogens with one attached hydrogen (secondary N) is 2. The monoisotopic (exact) mass is 248 g/mol. The Bertz CT molecular complexity index is 475. The predicted molar refractivity (Wildman–Crippen MR) is 67.3 cm³/mol. The lowest BCUT2D eigenvalue weighted by atomic mass is 10.2. The summed E-state index contributed by atoms with van der Waals surface area (Å²) in [4.78, 5) is 28.9. The number of hydrogen-bond donors (Lipinski definition) is 2. The van der Waals surface area contributed by atoms with Gasteiger partial charge in [0, 0.05) is 32.5 Å². The van der Waals surface area contributed by atoms with Crippen LogP contribution >= 0.6 is 0 Å². The minimum atomic E-state index is -0.242. The van der Waals surface area contributed by atoms with Crippen molar-refractivity contribution in [3.05, 3.63) is 24.0 Å². The van der Waals surface area contributed by atoms with E-state index < -0.39 is 0 Å². The van der Waals surface area contributed by atoms with E-state index in [4.69, 9.17) is 0 Å². The van der Waals surface area contributed by atoms with E-state index in [1.165, 1.54) is 0 Å². The van der Waals surface area contributed by atoms with Gasteiger partial charge in [0.25, 0.3) is 5.91 Å². The molecule has 0 bridgehead atoms. The van der Waals surface area contributed by atoms with Gasteiger partial charge in [0.15, 0.2) is 0 Å². The lowest BCUT2D eigenvalue weighted by Crippen LogP contribution is -2.31. The highest BCUT2D eigenvalue weighted by molar-refractivity contribution is 5.93. The van der Waals surface area contributed by atoms with Crippen molar-refractivity contribution >= 4 is 17.5 Å². The van der Waals surface area contributed by atoms with Crippen molar-refractivity contribution in [1.82, 2.24) is 15.2 Å². The van der Waals surface area contributed by atoms with Crippen LogP contribution in [0.3, 0.4) is 0 Å². The molecule has 1 aliphatic rings. The molecule has 1 aliphatic heterocycles. The third kappa shape index (κ3) is 2.42. The maximum atomic E-state index is 11.8. The van der Waals surface area contributed by atoms with E-state index in [0.29, 0.717) is 5.69 Å². The minimum Gasteiger partial charge on any atom is -0.374 e. The van der Waals surface area contributed by atoms with Crippen LogP contribution in [0.25, 0.3) is 0 Å². The van der Waals surface area contributed by atoms with Crippen LogP contribution in [0.15, 0.2) is 18.3 Å². The Morgan fingerprint density at radius 2 is 2.33 bits per heavy atom. The van der Waals surface area contributed by atoms with E-state index in [0.717, 1.165) is 18.7 Å². The van der Waals surface area contributed by atoms with E-state index >= 15 is 0 Å². The molecule has 96 valence electrons. The summed E-state index contributed by atoms with van der Waals surface area (Å²) in [5.74, 6) is -0.165. The first-order valence-electron chi connectivity index (χ1n) is 5.81. The van der Waals surface area contributed by atoms with E-state index in [1.807, 2.05) is 0 Å². The number of likely N-dealkylation sites (N-methyl/N-ethyl adjacent to an activating group) is 1. The molecule has 2 heterocycles. The highest BCUT2D eigenvalue weighted by Crippen LogP contribution is 2.16. The van der Waals surface area contributed by atoms with Crippen LogP contribution in [0.5, 0.6) is 0 Å². The molecule has 1 saturated heterocycles. The second kappa shape index (κ2) is 5.03. The summed E-state index contributed by atoms with van der Waals surface area (Å²) in [7, 11) is 3.34. The summed E-state index contributed by atoms with van der Waals surface area (Å²) in [6, 6.07) is 3.18. The Hall–Kier alpha value is -2.11. The van der Waals surface area contributed by atoms with Gasteiger partial charge >= 0.3 is 0 Å². The van der Waals surface area contributed by atoms with Gasteiger partial charge in [-0.25, -0.2) is 0 Å². The van der Waals surface area contributed by atoms with Gasteiger partial charge in [-0.05, 0) is 18.6 Å². The summed E-state index contributed by atoms with van der Waals surface area (Å²) in [6.07, 6.45) is 2.32. The van der Waals surface area contributed by atoms with Crippen molar-refractivity contribution in [2.45, 2.75) is 12.5 Å². The Balaban J connectivity index is 2.10. The van der Waals surface area contributed by atoms with Crippen LogP contribution in [-0.4, -0.2) is 48.4 Å². The second-order valence-corrected chi connectivity index (χ2v) is 4.25. The lowest BCUT2D eigenvalue weighted by molar-refractivity contribution is -0.127. The summed E-state index contributed by atoms with van der Waals surface area (Å²) in [5, 5.41) is 5.64. The molecule has 0 aromatic carbocycles. The highest BCUT2D eigenvalue weighted by Gasteiger charge is 2.28. The molecular formula is C12H16N4O2. The van der Waals surface area contributed by atoms with Crippen molar-refractivity contribution in [2.24, 2.45) is 0 Å². The predicted octanol–water partition coefficient (Wildman–Crippen LogP) is 0.0838. The number of amides is 2. The Morgan fingerprint density at radius 1 is 1.56 bits per heavy atom. The van der Waals surface area contributed by atoms with E-state index in [9.17, 15) is 9.59 Å². The Kier molecular flexibility index (Phi) is 3.45. The number of nitrogens with zero attached hydrogens (tertiary/aromatic N) is 2. The fourth-order valence-corrected chi connectivity index (χ4v) is 1.93. The van der Waals surface area contributed by atoms with Crippen LogP contribution in [-0.2, 0) is 4.79 Å². The Labute approximate surface area is 105 Å². The van der Waals surface area contributed by atoms with Crippen molar-refractivity contribution in [3.8, 4) is 0 Å². The first kappa shape index (κ1) is 12.3. The first-order chi connectivity index (χ1) is 8.61. The molecule has 0 saturated carbocycles. The van der Waals surface area contributed by atoms with Crippen LogP contribution in [0.1, 0.15) is 16.9 Å². The third-order valence-electron chi connectivity index (χ3n) is 2.99. The normalized spacial score (nSPS) is 18.9. The largest absolute Gasteiger partial charge is 0.374 e. The van der Waals surface area contributed by atoms with Gasteiger partial charge in [0.1, 0.15) is 11.7 Å². The zero-order chi connectivity index (χ0) is 13.1. The SMILES string of the molecule is CNC(=O)c1cc(NC2CCN(C)C2=O)ccn1. The van der Waals surface area contributed by atoms with Crippen molar-refractivity contribution in [3.63, 3.8) is 0 Å². The fraction of sp³-hybridized carbons (Fsp3) is 0.417. The van der Waals surface area contributed by atoms with Crippen molar-refractivity contribution in [1.29, 1.82) is 0 Å². The average Bonchev–Trinajstić information content (AvgIpc) is 2.70. The molecule has 0 aliphatic carbocycles. The van der Waals surface area contributed by atoms with Crippen LogP contribution in [0.4, 0.5) is 5.69 Å². The number of hydrogen-bond acceptors (Lipinski definition) is 4. The van der Waals surface area contributed by atoms with Gasteiger partial charge in [-0.15, -0.1) is 0 Å². The minimum absolute atomic E-state index is 0.0771. The molecule has 1 fully saturated rings. The number of pyridine rings is 1. The standard InChI is InChI=1S/C12H16N4O2/c1-13-11(17)10-7-8(3-5-14-10)15-9-4-6-16(2)12(9)18/h3,5,7,9H,4,6H2,1-2H3,(H,13,17)(H,14,15). The topological polar surface area (TPSA) is 74.3 Å². The number of rotatable bonds is 3. The number of anilines is 1. The molecule has 1 atom stereocenters. The van der Waals surface area contributed by atoms with Crippen molar-refractivity contribution < 1.29 is 9.59 Å². The molecule has 18 heavy (non-hydrogen) atoms. The molecule has 2 N–H and O–H groups in total. The van der Waals surface area contributed by atoms with Gasteiger partial charge in [-0.3, -0.25) is 14.6 Å². The quantitative estimate of drug-likeness (QED) is 0.794. The van der Waals surface area contributed by atoms with Gasteiger partial charge in [0.2, 0.25) is 5.91 Å². The van der Waals surface area contributed by atoms with Gasteiger partial charge in [0.05, 0.1) is 0 Å². The molecule has 0 radical (unpaired) electrons. The Morgan fingerprint density at radius 3 is 2.94 bits per heavy atom. The fourth-order valence-electron chi connectivity index (χ4n) is 1.93. The second-order valence-electron chi connectivity index (χ2n) is 4.25.